The Morgan fingerprint density at radius 2 is 2.03 bits per heavy atom. The maximum Gasteiger partial charge on any atom is 0.226 e. The summed E-state index contributed by atoms with van der Waals surface area (Å²) in [4.78, 5) is 16.2. The van der Waals surface area contributed by atoms with Crippen molar-refractivity contribution in [3.05, 3.63) is 62.7 Å². The second-order valence-corrected chi connectivity index (χ2v) is 9.08. The van der Waals surface area contributed by atoms with E-state index in [0.717, 1.165) is 18.7 Å². The molecule has 8 heteroatoms. The maximum atomic E-state index is 12.6. The zero-order valence-corrected chi connectivity index (χ0v) is 19.0. The summed E-state index contributed by atoms with van der Waals surface area (Å²) in [5, 5.41) is 16.5. The number of thiophene rings is 2. The molecule has 31 heavy (non-hydrogen) atoms. The van der Waals surface area contributed by atoms with Crippen LogP contribution < -0.4 is 14.8 Å². The van der Waals surface area contributed by atoms with Crippen molar-refractivity contribution in [2.45, 2.75) is 18.9 Å². The number of ether oxygens (including phenoxy) is 2. The molecule has 1 N–H and O–H groups in total. The summed E-state index contributed by atoms with van der Waals surface area (Å²) < 4.78 is 11.0. The average molecular weight is 454 g/mol. The number of methoxy groups -OCH3 is 2. The molecule has 1 aliphatic rings. The summed E-state index contributed by atoms with van der Waals surface area (Å²) in [6.07, 6.45) is 1.23. The molecule has 0 bridgehead atoms. The van der Waals surface area contributed by atoms with Crippen molar-refractivity contribution in [3.8, 4) is 17.6 Å². The number of nitrogens with one attached hydrogen (secondary N) is 1. The van der Waals surface area contributed by atoms with Crippen molar-refractivity contribution < 1.29 is 14.3 Å². The molecule has 2 aromatic heterocycles. The molecule has 1 aromatic carbocycles. The first-order valence-corrected chi connectivity index (χ1v) is 11.7. The third-order valence-corrected chi connectivity index (χ3v) is 7.21. The fourth-order valence-electron chi connectivity index (χ4n) is 3.95. The number of anilines is 1. The molecule has 0 radical (unpaired) electrons. The fourth-order valence-corrected chi connectivity index (χ4v) is 5.58. The fraction of sp³-hybridized carbons (Fsp3) is 0.304. The van der Waals surface area contributed by atoms with Crippen molar-refractivity contribution in [1.82, 2.24) is 4.90 Å². The van der Waals surface area contributed by atoms with Gasteiger partial charge in [0.25, 0.3) is 0 Å². The number of nitrogens with zero attached hydrogens (tertiary/aromatic N) is 2. The predicted octanol–water partition coefficient (Wildman–Crippen LogP) is 4.67. The van der Waals surface area contributed by atoms with Crippen LogP contribution in [0.1, 0.15) is 34.0 Å². The van der Waals surface area contributed by atoms with E-state index < -0.39 is 0 Å². The van der Waals surface area contributed by atoms with Crippen molar-refractivity contribution in [1.29, 1.82) is 5.26 Å². The Balaban J connectivity index is 1.55. The number of carbonyl (C=O) groups excluding carboxylic acids is 1. The standard InChI is InChI=1S/C23H23N3O3S2/c1-28-18-12-15-5-8-26(9-6-21(27)25-23-16(14-24)7-11-31-23)22(20-4-3-10-30-20)17(15)13-19(18)29-2/h3-4,7,10-13,22H,5-6,8-9H2,1-2H3,(H,25,27). The number of carbonyl (C=O) groups is 1. The Kier molecular flexibility index (Phi) is 6.56. The van der Waals surface area contributed by atoms with Crippen molar-refractivity contribution in [2.24, 2.45) is 0 Å². The van der Waals surface area contributed by atoms with Gasteiger partial charge in [-0.3, -0.25) is 9.69 Å². The molecular formula is C23H23N3O3S2. The first-order valence-electron chi connectivity index (χ1n) is 9.94. The summed E-state index contributed by atoms with van der Waals surface area (Å²) >= 11 is 3.08. The van der Waals surface area contributed by atoms with Crippen LogP contribution >= 0.6 is 22.7 Å². The molecule has 4 rings (SSSR count). The van der Waals surface area contributed by atoms with Gasteiger partial charge in [0.15, 0.2) is 11.5 Å². The lowest BCUT2D eigenvalue weighted by Crippen LogP contribution is -2.37. The molecule has 3 aromatic rings. The Hall–Kier alpha value is -2.86. The Labute approximate surface area is 189 Å². The highest BCUT2D eigenvalue weighted by molar-refractivity contribution is 7.14. The minimum Gasteiger partial charge on any atom is -0.493 e. The van der Waals surface area contributed by atoms with Gasteiger partial charge < -0.3 is 14.8 Å². The van der Waals surface area contributed by atoms with E-state index in [2.05, 4.69) is 45.9 Å². The van der Waals surface area contributed by atoms with E-state index in [4.69, 9.17) is 14.7 Å². The number of nitriles is 1. The van der Waals surface area contributed by atoms with Crippen LogP contribution in [0.2, 0.25) is 0 Å². The Morgan fingerprint density at radius 1 is 1.23 bits per heavy atom. The zero-order valence-electron chi connectivity index (χ0n) is 17.4. The van der Waals surface area contributed by atoms with Gasteiger partial charge in [-0.15, -0.1) is 22.7 Å². The number of hydrogen-bond donors (Lipinski definition) is 1. The lowest BCUT2D eigenvalue weighted by molar-refractivity contribution is -0.116. The van der Waals surface area contributed by atoms with Gasteiger partial charge in [-0.05, 0) is 52.6 Å². The average Bonchev–Trinajstić information content (AvgIpc) is 3.48. The number of hydrogen-bond acceptors (Lipinski definition) is 7. The lowest BCUT2D eigenvalue weighted by Gasteiger charge is -2.37. The van der Waals surface area contributed by atoms with Crippen LogP contribution in [-0.4, -0.2) is 38.1 Å². The van der Waals surface area contributed by atoms with Crippen LogP contribution in [0.4, 0.5) is 5.00 Å². The van der Waals surface area contributed by atoms with Gasteiger partial charge in [-0.1, -0.05) is 6.07 Å². The van der Waals surface area contributed by atoms with Gasteiger partial charge in [-0.25, -0.2) is 0 Å². The van der Waals surface area contributed by atoms with E-state index in [0.29, 0.717) is 29.3 Å². The summed E-state index contributed by atoms with van der Waals surface area (Å²) in [5.74, 6) is 1.37. The zero-order chi connectivity index (χ0) is 21.8. The normalized spacial score (nSPS) is 15.7. The minimum atomic E-state index is -0.0815. The van der Waals surface area contributed by atoms with Crippen molar-refractivity contribution >= 4 is 33.6 Å². The molecular weight excluding hydrogens is 430 g/mol. The topological polar surface area (TPSA) is 74.6 Å². The first-order chi connectivity index (χ1) is 15.1. The predicted molar refractivity (Wildman–Crippen MR) is 123 cm³/mol. The van der Waals surface area contributed by atoms with E-state index in [1.54, 1.807) is 31.6 Å². The Morgan fingerprint density at radius 3 is 2.74 bits per heavy atom. The number of rotatable bonds is 7. The summed E-state index contributed by atoms with van der Waals surface area (Å²) in [7, 11) is 3.30. The Bertz CT molecular complexity index is 1100. The second-order valence-electron chi connectivity index (χ2n) is 7.18. The van der Waals surface area contributed by atoms with Gasteiger partial charge in [0, 0.05) is 24.4 Å². The molecule has 160 valence electrons. The minimum absolute atomic E-state index is 0.0627. The largest absolute Gasteiger partial charge is 0.493 e. The van der Waals surface area contributed by atoms with Gasteiger partial charge in [0.05, 0.1) is 25.8 Å². The van der Waals surface area contributed by atoms with Crippen LogP contribution in [0.5, 0.6) is 11.5 Å². The van der Waals surface area contributed by atoms with E-state index >= 15 is 0 Å². The molecule has 0 spiro atoms. The van der Waals surface area contributed by atoms with E-state index in [9.17, 15) is 4.79 Å². The molecule has 0 fully saturated rings. The molecule has 0 saturated heterocycles. The van der Waals surface area contributed by atoms with E-state index in [-0.39, 0.29) is 11.9 Å². The monoisotopic (exact) mass is 453 g/mol. The third kappa shape index (κ3) is 4.44. The highest BCUT2D eigenvalue weighted by atomic mass is 32.1. The SMILES string of the molecule is COc1cc2c(cc1OC)C(c1cccs1)N(CCC(=O)Nc1sccc1C#N)CC2. The molecule has 1 amide bonds. The first kappa shape index (κ1) is 21.4. The van der Waals surface area contributed by atoms with Gasteiger partial charge in [-0.2, -0.15) is 5.26 Å². The number of benzene rings is 1. The lowest BCUT2D eigenvalue weighted by atomic mass is 9.90. The van der Waals surface area contributed by atoms with E-state index in [1.165, 1.54) is 27.3 Å². The van der Waals surface area contributed by atoms with Crippen molar-refractivity contribution in [3.63, 3.8) is 0 Å². The van der Waals surface area contributed by atoms with Gasteiger partial charge in [0.1, 0.15) is 11.1 Å². The highest BCUT2D eigenvalue weighted by Crippen LogP contribution is 2.42. The molecule has 1 unspecified atom stereocenters. The van der Waals surface area contributed by atoms with Crippen LogP contribution in [-0.2, 0) is 11.2 Å². The van der Waals surface area contributed by atoms with Crippen LogP contribution in [0.15, 0.2) is 41.1 Å². The third-order valence-electron chi connectivity index (χ3n) is 5.45. The van der Waals surface area contributed by atoms with Gasteiger partial charge in [0.2, 0.25) is 5.91 Å². The highest BCUT2D eigenvalue weighted by Gasteiger charge is 2.31. The number of fused-ring (bicyclic) bond motifs is 1. The smallest absolute Gasteiger partial charge is 0.226 e. The van der Waals surface area contributed by atoms with E-state index in [1.807, 2.05) is 5.38 Å². The van der Waals surface area contributed by atoms with Crippen LogP contribution in [0.3, 0.4) is 0 Å². The summed E-state index contributed by atoms with van der Waals surface area (Å²) in [6.45, 7) is 1.47. The summed E-state index contributed by atoms with van der Waals surface area (Å²) in [6, 6.07) is 12.2. The quantitative estimate of drug-likeness (QED) is 0.562. The molecule has 6 nitrogen and oxygen atoms in total. The maximum absolute atomic E-state index is 12.6. The molecule has 0 aliphatic carbocycles. The van der Waals surface area contributed by atoms with Crippen LogP contribution in [0, 0.1) is 11.3 Å². The number of amides is 1. The van der Waals surface area contributed by atoms with Crippen molar-refractivity contribution in [2.75, 3.05) is 32.6 Å². The summed E-state index contributed by atoms with van der Waals surface area (Å²) in [5.41, 5.74) is 2.94. The molecule has 1 aliphatic heterocycles. The molecule has 0 saturated carbocycles. The van der Waals surface area contributed by atoms with Crippen LogP contribution in [0.25, 0.3) is 0 Å². The van der Waals surface area contributed by atoms with Gasteiger partial charge >= 0.3 is 0 Å². The molecule has 3 heterocycles. The second kappa shape index (κ2) is 9.52. The molecule has 1 atom stereocenters.